The Morgan fingerprint density at radius 1 is 0.517 bits per heavy atom. The van der Waals surface area contributed by atoms with E-state index in [0.29, 0.717) is 15.8 Å². The summed E-state index contributed by atoms with van der Waals surface area (Å²) in [5, 5.41) is 0. The first-order chi connectivity index (χ1) is 13.4. The summed E-state index contributed by atoms with van der Waals surface area (Å²) in [5.74, 6) is 3.85. The van der Waals surface area contributed by atoms with Gasteiger partial charge in [-0.1, -0.05) is 0 Å². The fourth-order valence-corrected chi connectivity index (χ4v) is 131. The number of hydrogen-bond donors (Lipinski definition) is 0. The standard InChI is InChI=1S/2C13H22P.Fe/c2*1-11(2)9-14(10-12(3)4)13-7-5-6-8-13;/h2*5-8,11-12H,9-10H2,1-4H3;. The van der Waals surface area contributed by atoms with E-state index in [-0.39, 0.29) is 0 Å². The Hall–Kier alpha value is 1.38. The maximum atomic E-state index is 2.57. The van der Waals surface area contributed by atoms with Crippen molar-refractivity contribution in [3.63, 3.8) is 0 Å². The first kappa shape index (κ1) is 16.9. The van der Waals surface area contributed by atoms with Crippen molar-refractivity contribution in [1.82, 2.24) is 0 Å². The zero-order valence-corrected chi connectivity index (χ0v) is 22.9. The van der Waals surface area contributed by atoms with E-state index in [0.717, 1.165) is 23.7 Å². The van der Waals surface area contributed by atoms with Crippen molar-refractivity contribution in [1.29, 1.82) is 0 Å². The average molecular weight is 474 g/mol. The van der Waals surface area contributed by atoms with Gasteiger partial charge < -0.3 is 0 Å². The summed E-state index contributed by atoms with van der Waals surface area (Å²) in [6.07, 6.45) is 6.69. The second-order valence-corrected chi connectivity index (χ2v) is 46.2. The van der Waals surface area contributed by atoms with Crippen LogP contribution in [0.1, 0.15) is 55.4 Å². The molecule has 10 saturated heterocycles. The van der Waals surface area contributed by atoms with Crippen LogP contribution in [0.3, 0.4) is 0 Å². The molecule has 3 heteroatoms. The summed E-state index contributed by atoms with van der Waals surface area (Å²) in [7, 11) is 0.712. The molecule has 166 valence electrons. The van der Waals surface area contributed by atoms with Crippen molar-refractivity contribution in [2.75, 3.05) is 24.6 Å². The topological polar surface area (TPSA) is 0 Å². The Kier molecular flexibility index (Phi) is 1.27. The van der Waals surface area contributed by atoms with Gasteiger partial charge >= 0.3 is 173 Å². The zero-order valence-electron chi connectivity index (χ0n) is 20.0. The van der Waals surface area contributed by atoms with Crippen molar-refractivity contribution >= 4 is 15.8 Å². The van der Waals surface area contributed by atoms with Crippen LogP contribution in [-0.2, 0) is 6.51 Å². The Morgan fingerprint density at radius 3 is 0.931 bits per heavy atom. The molecular weight excluding hydrogens is 430 g/mol. The Balaban J connectivity index is 1.21. The van der Waals surface area contributed by atoms with E-state index in [1.165, 1.54) is 46.6 Å². The molecule has 8 atom stereocenters. The van der Waals surface area contributed by atoms with Crippen molar-refractivity contribution in [3.05, 3.63) is 0 Å². The SMILES string of the molecule is CC(C)CP(CC(C)C)[C]12[CH]3[CH]4[CH]5[CH]1[Fe]45321678[CH]2[CH]1[CH]6[C]7(P(CC(C)C)CC(C)C)[CH]28. The van der Waals surface area contributed by atoms with Crippen molar-refractivity contribution < 1.29 is 6.51 Å². The minimum atomic E-state index is -3.26. The summed E-state index contributed by atoms with van der Waals surface area (Å²) < 4.78 is 2.35. The number of hydrogen-bond acceptors (Lipinski definition) is 0. The molecule has 10 heterocycles. The first-order valence-corrected chi connectivity index (χ1v) is 22.7. The molecule has 10 fully saturated rings. The van der Waals surface area contributed by atoms with Crippen LogP contribution in [0.25, 0.3) is 0 Å². The second-order valence-electron chi connectivity index (χ2n) is 17.1. The van der Waals surface area contributed by atoms with Crippen LogP contribution in [0.15, 0.2) is 0 Å². The summed E-state index contributed by atoms with van der Waals surface area (Å²) in [6.45, 7) is 17.3. The number of rotatable bonds is 10. The van der Waals surface area contributed by atoms with Gasteiger partial charge in [-0.05, 0) is 0 Å². The molecule has 0 saturated carbocycles. The summed E-state index contributed by atoms with van der Waals surface area (Å²) in [5.41, 5.74) is 0. The van der Waals surface area contributed by atoms with Gasteiger partial charge in [-0.25, -0.2) is 0 Å². The molecule has 0 aliphatic carbocycles. The van der Waals surface area contributed by atoms with Gasteiger partial charge in [0.05, 0.1) is 0 Å². The predicted molar refractivity (Wildman–Crippen MR) is 128 cm³/mol. The van der Waals surface area contributed by atoms with Gasteiger partial charge in [0.15, 0.2) is 0 Å². The molecule has 0 aromatic rings. The van der Waals surface area contributed by atoms with E-state index in [4.69, 9.17) is 0 Å². The van der Waals surface area contributed by atoms with Gasteiger partial charge in [-0.3, -0.25) is 0 Å². The summed E-state index contributed by atoms with van der Waals surface area (Å²) in [6, 6.07) is 0. The monoisotopic (exact) mass is 474 g/mol. The van der Waals surface area contributed by atoms with Gasteiger partial charge in [-0.2, -0.15) is 0 Å². The molecule has 0 bridgehead atoms. The maximum absolute atomic E-state index is 3.26. The van der Waals surface area contributed by atoms with Crippen LogP contribution in [0.4, 0.5) is 0 Å². The van der Waals surface area contributed by atoms with Crippen LogP contribution in [-0.4, -0.2) is 32.8 Å². The quantitative estimate of drug-likeness (QED) is 0.219. The Bertz CT molecular complexity index is 1130. The molecule has 0 radical (unpaired) electrons. The van der Waals surface area contributed by atoms with Gasteiger partial charge in [0, 0.05) is 0 Å². The average Bonchev–Trinajstić information content (AvgIpc) is 3.52. The van der Waals surface area contributed by atoms with Crippen LogP contribution in [0.5, 0.6) is 0 Å². The van der Waals surface area contributed by atoms with Gasteiger partial charge in [0.25, 0.3) is 0 Å². The van der Waals surface area contributed by atoms with E-state index < -0.39 is 6.51 Å². The van der Waals surface area contributed by atoms with E-state index in [9.17, 15) is 0 Å². The molecule has 0 aromatic heterocycles. The van der Waals surface area contributed by atoms with E-state index in [1.807, 2.05) is 0 Å². The van der Waals surface area contributed by atoms with E-state index in [1.54, 1.807) is 24.6 Å². The molecule has 0 N–H and O–H groups in total. The minimum absolute atomic E-state index is 0.356. The van der Waals surface area contributed by atoms with E-state index in [2.05, 4.69) is 55.4 Å². The van der Waals surface area contributed by atoms with Crippen LogP contribution in [0.2, 0.25) is 38.5 Å². The molecule has 0 aromatic carbocycles. The molecule has 0 amide bonds. The third-order valence-corrected chi connectivity index (χ3v) is 77.2. The first-order valence-electron chi connectivity index (χ1n) is 13.1. The molecule has 10 aliphatic rings. The molecule has 8 unspecified atom stereocenters. The normalized spacial score (nSPS) is 78.7. The third-order valence-electron chi connectivity index (χ3n) is 18.0. The van der Waals surface area contributed by atoms with Crippen molar-refractivity contribution in [2.45, 2.75) is 102 Å². The predicted octanol–water partition coefficient (Wildman–Crippen LogP) is 8.78. The molecule has 10 aliphatic heterocycles. The molecule has 1 spiro atoms. The van der Waals surface area contributed by atoms with Crippen molar-refractivity contribution in [3.8, 4) is 0 Å². The van der Waals surface area contributed by atoms with Crippen LogP contribution in [0, 0.1) is 23.7 Å². The van der Waals surface area contributed by atoms with E-state index >= 15 is 0 Å². The summed E-state index contributed by atoms with van der Waals surface area (Å²) in [4.78, 5) is 12.0. The van der Waals surface area contributed by atoms with Crippen LogP contribution >= 0.6 is 15.8 Å². The Morgan fingerprint density at radius 2 is 0.759 bits per heavy atom. The fourth-order valence-electron chi connectivity index (χ4n) is 20.5. The molecule has 10 rings (SSSR count). The van der Waals surface area contributed by atoms with Crippen LogP contribution < -0.4 is 0 Å². The number of fused-ring (bicyclic) bond motifs is 10. The molecule has 0 nitrogen and oxygen atoms in total. The van der Waals surface area contributed by atoms with Gasteiger partial charge in [0.1, 0.15) is 0 Å². The second kappa shape index (κ2) is 2.17. The molecular formula is C26H44FeP2. The third kappa shape index (κ3) is 0.338. The van der Waals surface area contributed by atoms with Gasteiger partial charge in [-0.15, -0.1) is 0 Å². The molecule has 29 heavy (non-hydrogen) atoms. The zero-order chi connectivity index (χ0) is 20.2. The van der Waals surface area contributed by atoms with Gasteiger partial charge in [0.2, 0.25) is 0 Å². The van der Waals surface area contributed by atoms with Crippen molar-refractivity contribution in [2.24, 2.45) is 23.7 Å². The summed E-state index contributed by atoms with van der Waals surface area (Å²) >= 11 is 0. The fraction of sp³-hybridized carbons (Fsp3) is 1.00. The Labute approximate surface area is 172 Å².